The normalized spacial score (nSPS) is 16.2. The van der Waals surface area contributed by atoms with Gasteiger partial charge < -0.3 is 20.3 Å². The largest absolute Gasteiger partial charge is 0.488 e. The van der Waals surface area contributed by atoms with Crippen molar-refractivity contribution in [3.63, 3.8) is 0 Å². The second kappa shape index (κ2) is 9.36. The molecular formula is C21H25FN4O3. The number of piperidine rings is 1. The van der Waals surface area contributed by atoms with E-state index >= 15 is 0 Å². The molecule has 1 unspecified atom stereocenters. The van der Waals surface area contributed by atoms with Gasteiger partial charge in [0.15, 0.2) is 0 Å². The van der Waals surface area contributed by atoms with Crippen LogP contribution in [0.5, 0.6) is 5.75 Å². The average Bonchev–Trinajstić information content (AvgIpc) is 2.68. The van der Waals surface area contributed by atoms with Gasteiger partial charge in [-0.1, -0.05) is 0 Å². The number of urea groups is 1. The molecule has 0 bridgehead atoms. The van der Waals surface area contributed by atoms with Crippen LogP contribution in [0.1, 0.15) is 31.0 Å². The van der Waals surface area contributed by atoms with Crippen molar-refractivity contribution in [2.45, 2.75) is 39.3 Å². The smallest absolute Gasteiger partial charge is 0.319 e. The van der Waals surface area contributed by atoms with Crippen LogP contribution in [0.15, 0.2) is 36.5 Å². The number of aromatic nitrogens is 1. The third-order valence-electron chi connectivity index (χ3n) is 4.68. The van der Waals surface area contributed by atoms with Gasteiger partial charge in [0.05, 0.1) is 18.4 Å². The molecule has 0 radical (unpaired) electrons. The summed E-state index contributed by atoms with van der Waals surface area (Å²) in [5.74, 6) is -0.0424. The predicted octanol–water partition coefficient (Wildman–Crippen LogP) is 3.24. The number of hydrogen-bond donors (Lipinski definition) is 2. The molecule has 1 atom stereocenters. The van der Waals surface area contributed by atoms with Crippen molar-refractivity contribution in [1.29, 1.82) is 0 Å². The first kappa shape index (κ1) is 20.6. The molecule has 1 aromatic carbocycles. The van der Waals surface area contributed by atoms with E-state index < -0.39 is 11.8 Å². The van der Waals surface area contributed by atoms with E-state index in [0.717, 1.165) is 25.1 Å². The van der Waals surface area contributed by atoms with E-state index in [1.54, 1.807) is 29.3 Å². The molecule has 3 amide bonds. The first-order valence-corrected chi connectivity index (χ1v) is 9.58. The fourth-order valence-electron chi connectivity index (χ4n) is 3.20. The molecule has 154 valence electrons. The van der Waals surface area contributed by atoms with Crippen molar-refractivity contribution in [2.75, 3.05) is 18.4 Å². The van der Waals surface area contributed by atoms with Crippen LogP contribution < -0.4 is 15.4 Å². The van der Waals surface area contributed by atoms with E-state index in [0.29, 0.717) is 23.5 Å². The summed E-state index contributed by atoms with van der Waals surface area (Å²) in [5, 5.41) is 5.36. The summed E-state index contributed by atoms with van der Waals surface area (Å²) in [6.07, 6.45) is 3.05. The summed E-state index contributed by atoms with van der Waals surface area (Å²) >= 11 is 0. The van der Waals surface area contributed by atoms with E-state index in [9.17, 15) is 14.0 Å². The Labute approximate surface area is 169 Å². The zero-order chi connectivity index (χ0) is 20.8. The van der Waals surface area contributed by atoms with Crippen molar-refractivity contribution in [2.24, 2.45) is 0 Å². The molecule has 1 aliphatic heterocycles. The molecule has 1 aliphatic rings. The molecule has 2 heterocycles. The number of pyridine rings is 1. The summed E-state index contributed by atoms with van der Waals surface area (Å²) in [6, 6.07) is 7.50. The molecule has 0 saturated carbocycles. The quantitative estimate of drug-likeness (QED) is 0.807. The number of aryl methyl sites for hydroxylation is 1. The zero-order valence-electron chi connectivity index (χ0n) is 16.6. The lowest BCUT2D eigenvalue weighted by atomic mass is 10.1. The number of likely N-dealkylation sites (tertiary alicyclic amines) is 1. The standard InChI is InChI=1S/C21H25FN4O3/c1-14-5-6-18(12-23-14)25-21(28)24-11-16-8-17(22)10-20(9-16)29-19-4-3-7-26(13-19)15(2)27/h5-6,8-10,12,19H,3-4,7,11,13H2,1-2H3,(H2,24,25,28). The summed E-state index contributed by atoms with van der Waals surface area (Å²) < 4.78 is 19.9. The Balaban J connectivity index is 1.56. The second-order valence-corrected chi connectivity index (χ2v) is 7.14. The minimum Gasteiger partial charge on any atom is -0.488 e. The SMILES string of the molecule is CC(=O)N1CCCC(Oc2cc(F)cc(CNC(=O)Nc3ccc(C)nc3)c2)C1. The number of carbonyl (C=O) groups is 2. The molecule has 29 heavy (non-hydrogen) atoms. The molecule has 1 saturated heterocycles. The molecule has 7 nitrogen and oxygen atoms in total. The number of rotatable bonds is 5. The van der Waals surface area contributed by atoms with Gasteiger partial charge in [0.25, 0.3) is 0 Å². The molecule has 0 aliphatic carbocycles. The second-order valence-electron chi connectivity index (χ2n) is 7.14. The Bertz CT molecular complexity index is 873. The maximum atomic E-state index is 14.0. The monoisotopic (exact) mass is 400 g/mol. The molecule has 3 rings (SSSR count). The van der Waals surface area contributed by atoms with Crippen LogP contribution in [0.4, 0.5) is 14.9 Å². The van der Waals surface area contributed by atoms with Gasteiger partial charge in [-0.3, -0.25) is 9.78 Å². The Kier molecular flexibility index (Phi) is 6.64. The maximum Gasteiger partial charge on any atom is 0.319 e. The highest BCUT2D eigenvalue weighted by Gasteiger charge is 2.23. The van der Waals surface area contributed by atoms with Crippen molar-refractivity contribution in [1.82, 2.24) is 15.2 Å². The van der Waals surface area contributed by atoms with Crippen LogP contribution >= 0.6 is 0 Å². The van der Waals surface area contributed by atoms with Crippen LogP contribution in [-0.2, 0) is 11.3 Å². The van der Waals surface area contributed by atoms with Crippen molar-refractivity contribution in [3.05, 3.63) is 53.6 Å². The lowest BCUT2D eigenvalue weighted by Gasteiger charge is -2.32. The lowest BCUT2D eigenvalue weighted by molar-refractivity contribution is -0.131. The summed E-state index contributed by atoms with van der Waals surface area (Å²) in [4.78, 5) is 29.5. The molecule has 2 aromatic rings. The highest BCUT2D eigenvalue weighted by Crippen LogP contribution is 2.21. The third-order valence-corrected chi connectivity index (χ3v) is 4.68. The van der Waals surface area contributed by atoms with Gasteiger partial charge in [-0.25, -0.2) is 9.18 Å². The zero-order valence-corrected chi connectivity index (χ0v) is 16.6. The molecule has 2 N–H and O–H groups in total. The molecule has 0 spiro atoms. The van der Waals surface area contributed by atoms with Gasteiger partial charge in [-0.2, -0.15) is 0 Å². The minimum atomic E-state index is -0.443. The number of ether oxygens (including phenoxy) is 1. The first-order chi connectivity index (χ1) is 13.9. The Morgan fingerprint density at radius 2 is 2.14 bits per heavy atom. The van der Waals surface area contributed by atoms with Crippen molar-refractivity contribution in [3.8, 4) is 5.75 Å². The highest BCUT2D eigenvalue weighted by atomic mass is 19.1. The van der Waals surface area contributed by atoms with Gasteiger partial charge in [0.1, 0.15) is 17.7 Å². The summed E-state index contributed by atoms with van der Waals surface area (Å²) in [6.45, 7) is 4.75. The fraction of sp³-hybridized carbons (Fsp3) is 0.381. The van der Waals surface area contributed by atoms with E-state index in [4.69, 9.17) is 4.74 Å². The Hall–Kier alpha value is -3.16. The highest BCUT2D eigenvalue weighted by molar-refractivity contribution is 5.88. The topological polar surface area (TPSA) is 83.6 Å². The van der Waals surface area contributed by atoms with Crippen LogP contribution in [0, 0.1) is 12.7 Å². The number of nitrogens with zero attached hydrogens (tertiary/aromatic N) is 2. The van der Waals surface area contributed by atoms with Crippen LogP contribution in [0.25, 0.3) is 0 Å². The van der Waals surface area contributed by atoms with Crippen LogP contribution in [0.2, 0.25) is 0 Å². The summed E-state index contributed by atoms with van der Waals surface area (Å²) in [7, 11) is 0. The van der Waals surface area contributed by atoms with Crippen LogP contribution in [0.3, 0.4) is 0 Å². The Morgan fingerprint density at radius 3 is 2.86 bits per heavy atom. The van der Waals surface area contributed by atoms with Gasteiger partial charge in [-0.15, -0.1) is 0 Å². The molecule has 1 aromatic heterocycles. The number of amides is 3. The van der Waals surface area contributed by atoms with E-state index in [1.165, 1.54) is 19.1 Å². The minimum absolute atomic E-state index is 0.0113. The maximum absolute atomic E-state index is 14.0. The summed E-state index contributed by atoms with van der Waals surface area (Å²) in [5.41, 5.74) is 2.01. The number of benzene rings is 1. The Morgan fingerprint density at radius 1 is 1.31 bits per heavy atom. The fourth-order valence-corrected chi connectivity index (χ4v) is 3.20. The number of hydrogen-bond acceptors (Lipinski definition) is 4. The van der Waals surface area contributed by atoms with E-state index in [-0.39, 0.29) is 18.6 Å². The number of nitrogens with one attached hydrogen (secondary N) is 2. The number of halogens is 1. The predicted molar refractivity (Wildman–Crippen MR) is 107 cm³/mol. The van der Waals surface area contributed by atoms with E-state index in [1.807, 2.05) is 6.92 Å². The number of anilines is 1. The van der Waals surface area contributed by atoms with Crippen molar-refractivity contribution < 1.29 is 18.7 Å². The lowest BCUT2D eigenvalue weighted by Crippen LogP contribution is -2.43. The molecule has 8 heteroatoms. The van der Waals surface area contributed by atoms with Gasteiger partial charge in [-0.05, 0) is 49.6 Å². The molecular weight excluding hydrogens is 375 g/mol. The van der Waals surface area contributed by atoms with Gasteiger partial charge in [0.2, 0.25) is 5.91 Å². The molecule has 1 fully saturated rings. The average molecular weight is 400 g/mol. The van der Waals surface area contributed by atoms with Gasteiger partial charge >= 0.3 is 6.03 Å². The number of carbonyl (C=O) groups excluding carboxylic acids is 2. The third kappa shape index (κ3) is 6.17. The van der Waals surface area contributed by atoms with Crippen molar-refractivity contribution >= 4 is 17.6 Å². The van der Waals surface area contributed by atoms with Crippen LogP contribution in [-0.4, -0.2) is 41.0 Å². The first-order valence-electron chi connectivity index (χ1n) is 9.58. The van der Waals surface area contributed by atoms with Gasteiger partial charge in [0, 0.05) is 31.8 Å². The van der Waals surface area contributed by atoms with E-state index in [2.05, 4.69) is 15.6 Å².